The highest BCUT2D eigenvalue weighted by Crippen LogP contribution is 2.22. The molecule has 0 saturated heterocycles. The molecule has 24 heavy (non-hydrogen) atoms. The molecule has 1 unspecified atom stereocenters. The maximum absolute atomic E-state index is 2.41. The van der Waals surface area contributed by atoms with E-state index in [1.165, 1.54) is 128 Å². The molecule has 0 spiro atoms. The Labute approximate surface area is 155 Å². The molecule has 0 amide bonds. The van der Waals surface area contributed by atoms with Crippen LogP contribution in [-0.2, 0) is 0 Å². The second kappa shape index (κ2) is 21.0. The van der Waals surface area contributed by atoms with E-state index in [4.69, 9.17) is 0 Å². The van der Waals surface area contributed by atoms with Crippen LogP contribution in [0.4, 0.5) is 0 Å². The molecule has 0 bridgehead atoms. The first-order valence-corrected chi connectivity index (χ1v) is 11.8. The van der Waals surface area contributed by atoms with Crippen LogP contribution >= 0.6 is 0 Å². The molecule has 0 aliphatic heterocycles. The predicted molar refractivity (Wildman–Crippen MR) is 113 cm³/mol. The average molecular weight is 339 g/mol. The zero-order valence-corrected chi connectivity index (χ0v) is 17.7. The van der Waals surface area contributed by atoms with Crippen LogP contribution in [0.1, 0.15) is 149 Å². The van der Waals surface area contributed by atoms with Gasteiger partial charge >= 0.3 is 0 Å². The predicted octanol–water partition coefficient (Wildman–Crippen LogP) is 9.46. The Morgan fingerprint density at radius 2 is 0.667 bits per heavy atom. The molecule has 0 fully saturated rings. The second-order valence-electron chi connectivity index (χ2n) is 8.15. The second-order valence-corrected chi connectivity index (χ2v) is 8.15. The highest BCUT2D eigenvalue weighted by Gasteiger charge is 2.05. The quantitative estimate of drug-likeness (QED) is 0.194. The lowest BCUT2D eigenvalue weighted by Gasteiger charge is -2.14. The fourth-order valence-electron chi connectivity index (χ4n) is 3.86. The standard InChI is InChI=1S/C24H50/c1-4-7-9-11-13-15-17-19-21-23-24(6-3)22-20-18-16-14-12-10-8-5-2/h24H,4-23H2,1-3H3. The van der Waals surface area contributed by atoms with Crippen LogP contribution in [0.3, 0.4) is 0 Å². The minimum absolute atomic E-state index is 1.02. The number of hydrogen-bond acceptors (Lipinski definition) is 0. The Morgan fingerprint density at radius 1 is 0.375 bits per heavy atom. The van der Waals surface area contributed by atoms with Crippen molar-refractivity contribution in [1.82, 2.24) is 0 Å². The molecule has 0 saturated carbocycles. The highest BCUT2D eigenvalue weighted by atomic mass is 14.1. The minimum Gasteiger partial charge on any atom is -0.0654 e. The maximum atomic E-state index is 2.41. The Balaban J connectivity index is 3.28. The van der Waals surface area contributed by atoms with Gasteiger partial charge < -0.3 is 0 Å². The molecule has 0 aromatic carbocycles. The van der Waals surface area contributed by atoms with Gasteiger partial charge in [-0.15, -0.1) is 0 Å². The van der Waals surface area contributed by atoms with Gasteiger partial charge in [-0.3, -0.25) is 0 Å². The highest BCUT2D eigenvalue weighted by molar-refractivity contribution is 4.59. The van der Waals surface area contributed by atoms with Crippen LogP contribution in [0.25, 0.3) is 0 Å². The van der Waals surface area contributed by atoms with Crippen LogP contribution in [-0.4, -0.2) is 0 Å². The third-order valence-electron chi connectivity index (χ3n) is 5.76. The van der Waals surface area contributed by atoms with Gasteiger partial charge in [-0.25, -0.2) is 0 Å². The van der Waals surface area contributed by atoms with Crippen LogP contribution in [0, 0.1) is 5.92 Å². The molecule has 0 aromatic rings. The van der Waals surface area contributed by atoms with Crippen molar-refractivity contribution in [3.8, 4) is 0 Å². The summed E-state index contributed by atoms with van der Waals surface area (Å²) in [5, 5.41) is 0. The van der Waals surface area contributed by atoms with E-state index in [2.05, 4.69) is 20.8 Å². The van der Waals surface area contributed by atoms with Crippen molar-refractivity contribution >= 4 is 0 Å². The van der Waals surface area contributed by atoms with Crippen molar-refractivity contribution in [3.63, 3.8) is 0 Å². The van der Waals surface area contributed by atoms with E-state index >= 15 is 0 Å². The van der Waals surface area contributed by atoms with Crippen molar-refractivity contribution in [3.05, 3.63) is 0 Å². The molecule has 0 aliphatic carbocycles. The first kappa shape index (κ1) is 24.0. The lowest BCUT2D eigenvalue weighted by atomic mass is 9.92. The van der Waals surface area contributed by atoms with Crippen molar-refractivity contribution in [1.29, 1.82) is 0 Å². The van der Waals surface area contributed by atoms with Gasteiger partial charge in [-0.2, -0.15) is 0 Å². The summed E-state index contributed by atoms with van der Waals surface area (Å²) >= 11 is 0. The first-order chi connectivity index (χ1) is 11.8. The number of rotatable bonds is 20. The summed E-state index contributed by atoms with van der Waals surface area (Å²) in [7, 11) is 0. The number of hydrogen-bond donors (Lipinski definition) is 0. The third-order valence-corrected chi connectivity index (χ3v) is 5.76. The summed E-state index contributed by atoms with van der Waals surface area (Å²) in [4.78, 5) is 0. The van der Waals surface area contributed by atoms with E-state index in [1.54, 1.807) is 0 Å². The maximum Gasteiger partial charge on any atom is -0.0417 e. The average Bonchev–Trinajstić information content (AvgIpc) is 2.60. The normalized spacial score (nSPS) is 12.6. The zero-order valence-electron chi connectivity index (χ0n) is 17.7. The van der Waals surface area contributed by atoms with Crippen LogP contribution in [0.2, 0.25) is 0 Å². The molecular formula is C24H50. The summed E-state index contributed by atoms with van der Waals surface area (Å²) in [6.45, 7) is 7.01. The molecule has 0 heteroatoms. The largest absolute Gasteiger partial charge is 0.0654 e. The van der Waals surface area contributed by atoms with Crippen LogP contribution < -0.4 is 0 Å². The van der Waals surface area contributed by atoms with Gasteiger partial charge in [-0.1, -0.05) is 149 Å². The number of unbranched alkanes of at least 4 members (excludes halogenated alkanes) is 15. The minimum atomic E-state index is 1.02. The van der Waals surface area contributed by atoms with Gasteiger partial charge in [0.25, 0.3) is 0 Å². The van der Waals surface area contributed by atoms with E-state index in [0.29, 0.717) is 0 Å². The van der Waals surface area contributed by atoms with Crippen LogP contribution in [0.15, 0.2) is 0 Å². The third kappa shape index (κ3) is 18.3. The molecule has 0 radical (unpaired) electrons. The summed E-state index contributed by atoms with van der Waals surface area (Å²) in [6.07, 6.45) is 29.3. The molecule has 0 rings (SSSR count). The first-order valence-electron chi connectivity index (χ1n) is 11.8. The van der Waals surface area contributed by atoms with E-state index in [9.17, 15) is 0 Å². The molecule has 0 heterocycles. The summed E-state index contributed by atoms with van der Waals surface area (Å²) in [5.74, 6) is 1.02. The smallest absolute Gasteiger partial charge is 0.0417 e. The van der Waals surface area contributed by atoms with E-state index in [-0.39, 0.29) is 0 Å². The lowest BCUT2D eigenvalue weighted by Crippen LogP contribution is -1.99. The lowest BCUT2D eigenvalue weighted by molar-refractivity contribution is 0.392. The van der Waals surface area contributed by atoms with Gasteiger partial charge in [0.2, 0.25) is 0 Å². The summed E-state index contributed by atoms with van der Waals surface area (Å²) in [5.41, 5.74) is 0. The van der Waals surface area contributed by atoms with Crippen molar-refractivity contribution in [2.45, 2.75) is 149 Å². The Bertz CT molecular complexity index is 208. The summed E-state index contributed by atoms with van der Waals surface area (Å²) in [6, 6.07) is 0. The van der Waals surface area contributed by atoms with Crippen molar-refractivity contribution in [2.24, 2.45) is 5.92 Å². The topological polar surface area (TPSA) is 0 Å². The Morgan fingerprint density at radius 3 is 0.958 bits per heavy atom. The molecule has 0 aliphatic rings. The SMILES string of the molecule is CCCCCCCCCCCC(CC)CCCCCCCCCC. The van der Waals surface area contributed by atoms with E-state index < -0.39 is 0 Å². The molecule has 0 N–H and O–H groups in total. The monoisotopic (exact) mass is 338 g/mol. The Kier molecular flexibility index (Phi) is 21.0. The van der Waals surface area contributed by atoms with Gasteiger partial charge in [0.1, 0.15) is 0 Å². The van der Waals surface area contributed by atoms with Crippen molar-refractivity contribution < 1.29 is 0 Å². The molecule has 0 aromatic heterocycles. The van der Waals surface area contributed by atoms with Crippen LogP contribution in [0.5, 0.6) is 0 Å². The fraction of sp³-hybridized carbons (Fsp3) is 1.00. The van der Waals surface area contributed by atoms with Gasteiger partial charge in [0.15, 0.2) is 0 Å². The Hall–Kier alpha value is 0. The van der Waals surface area contributed by atoms with E-state index in [0.717, 1.165) is 5.92 Å². The van der Waals surface area contributed by atoms with Crippen molar-refractivity contribution in [2.75, 3.05) is 0 Å². The summed E-state index contributed by atoms with van der Waals surface area (Å²) < 4.78 is 0. The molecular weight excluding hydrogens is 288 g/mol. The molecule has 1 atom stereocenters. The van der Waals surface area contributed by atoms with E-state index in [1.807, 2.05) is 0 Å². The van der Waals surface area contributed by atoms with Gasteiger partial charge in [-0.05, 0) is 5.92 Å². The fourth-order valence-corrected chi connectivity index (χ4v) is 3.86. The zero-order chi connectivity index (χ0) is 17.7. The molecule has 0 nitrogen and oxygen atoms in total. The molecule has 146 valence electrons. The van der Waals surface area contributed by atoms with Gasteiger partial charge in [0.05, 0.1) is 0 Å². The van der Waals surface area contributed by atoms with Gasteiger partial charge in [0, 0.05) is 0 Å².